The Kier molecular flexibility index (Phi) is 3.38. The van der Waals surface area contributed by atoms with Crippen molar-refractivity contribution >= 4 is 0 Å². The lowest BCUT2D eigenvalue weighted by Crippen LogP contribution is -2.49. The third-order valence-electron chi connectivity index (χ3n) is 5.09. The molecule has 1 heterocycles. The van der Waals surface area contributed by atoms with E-state index in [0.717, 1.165) is 11.1 Å². The number of hydrogen-bond acceptors (Lipinski definition) is 4. The van der Waals surface area contributed by atoms with E-state index in [1.54, 1.807) is 0 Å². The van der Waals surface area contributed by atoms with E-state index < -0.39 is 16.7 Å². The average molecular weight is 296 g/mol. The fraction of sp³-hybridized carbons (Fsp3) is 0.333. The highest BCUT2D eigenvalue weighted by molar-refractivity contribution is 5.35. The van der Waals surface area contributed by atoms with E-state index in [2.05, 4.69) is 10.2 Å². The van der Waals surface area contributed by atoms with Crippen molar-refractivity contribution in [1.29, 1.82) is 0 Å². The van der Waals surface area contributed by atoms with Crippen LogP contribution >= 0.6 is 0 Å². The van der Waals surface area contributed by atoms with Crippen LogP contribution in [0.4, 0.5) is 0 Å². The Morgan fingerprint density at radius 1 is 0.773 bits per heavy atom. The van der Waals surface area contributed by atoms with Gasteiger partial charge in [-0.2, -0.15) is 5.11 Å². The number of nitrogens with zero attached hydrogens (tertiary/aromatic N) is 2. The molecule has 0 aliphatic carbocycles. The Labute approximate surface area is 130 Å². The van der Waals surface area contributed by atoms with Crippen molar-refractivity contribution in [3.8, 4) is 0 Å². The standard InChI is InChI=1S/C18H20N2O2/c1-16(2)17(3,14-10-6-4-7-11-14)19-20-18(16,22-21)15-12-8-5-9-13-15/h4-13,21H,1-3H3/t17-,18-/m1/s1. The first kappa shape index (κ1) is 14.9. The topological polar surface area (TPSA) is 54.2 Å². The molecule has 1 aliphatic heterocycles. The number of rotatable bonds is 3. The minimum Gasteiger partial charge on any atom is -0.249 e. The highest BCUT2D eigenvalue weighted by Crippen LogP contribution is 2.60. The summed E-state index contributed by atoms with van der Waals surface area (Å²) in [6.07, 6.45) is 0. The fourth-order valence-corrected chi connectivity index (χ4v) is 3.20. The van der Waals surface area contributed by atoms with Gasteiger partial charge in [-0.05, 0) is 12.5 Å². The molecule has 0 aromatic heterocycles. The maximum Gasteiger partial charge on any atom is 0.244 e. The van der Waals surface area contributed by atoms with E-state index in [1.165, 1.54) is 0 Å². The lowest BCUT2D eigenvalue weighted by molar-refractivity contribution is -0.356. The Morgan fingerprint density at radius 2 is 1.27 bits per heavy atom. The normalized spacial score (nSPS) is 29.6. The van der Waals surface area contributed by atoms with Crippen molar-refractivity contribution in [3.63, 3.8) is 0 Å². The molecule has 1 aliphatic rings. The summed E-state index contributed by atoms with van der Waals surface area (Å²) in [6.45, 7) is 6.06. The van der Waals surface area contributed by atoms with Crippen molar-refractivity contribution in [1.82, 2.24) is 0 Å². The summed E-state index contributed by atoms with van der Waals surface area (Å²) in [6, 6.07) is 19.5. The monoisotopic (exact) mass is 296 g/mol. The highest BCUT2D eigenvalue weighted by atomic mass is 17.1. The molecule has 2 aromatic carbocycles. The quantitative estimate of drug-likeness (QED) is 0.657. The molecular weight excluding hydrogens is 276 g/mol. The minimum atomic E-state index is -1.22. The number of benzene rings is 2. The van der Waals surface area contributed by atoms with E-state index in [4.69, 9.17) is 4.89 Å². The lowest BCUT2D eigenvalue weighted by Gasteiger charge is -2.43. The molecule has 2 aromatic rings. The van der Waals surface area contributed by atoms with Gasteiger partial charge in [0.15, 0.2) is 0 Å². The summed E-state index contributed by atoms with van der Waals surface area (Å²) < 4.78 is 0. The zero-order valence-electron chi connectivity index (χ0n) is 13.0. The second kappa shape index (κ2) is 5.00. The second-order valence-corrected chi connectivity index (χ2v) is 6.36. The first-order valence-electron chi connectivity index (χ1n) is 7.36. The summed E-state index contributed by atoms with van der Waals surface area (Å²) in [5, 5.41) is 18.7. The van der Waals surface area contributed by atoms with Gasteiger partial charge in [-0.1, -0.05) is 74.5 Å². The van der Waals surface area contributed by atoms with Crippen LogP contribution in [0.25, 0.3) is 0 Å². The van der Waals surface area contributed by atoms with Crippen LogP contribution in [0.3, 0.4) is 0 Å². The van der Waals surface area contributed by atoms with Crippen molar-refractivity contribution in [2.75, 3.05) is 0 Å². The maximum absolute atomic E-state index is 9.73. The van der Waals surface area contributed by atoms with E-state index in [1.807, 2.05) is 81.4 Å². The minimum absolute atomic E-state index is 0.586. The molecule has 114 valence electrons. The van der Waals surface area contributed by atoms with Crippen LogP contribution in [0.15, 0.2) is 70.9 Å². The largest absolute Gasteiger partial charge is 0.249 e. The third-order valence-corrected chi connectivity index (χ3v) is 5.09. The first-order chi connectivity index (χ1) is 10.5. The van der Waals surface area contributed by atoms with Crippen LogP contribution in [0.2, 0.25) is 0 Å². The Morgan fingerprint density at radius 3 is 1.77 bits per heavy atom. The van der Waals surface area contributed by atoms with Gasteiger partial charge in [-0.25, -0.2) is 10.1 Å². The zero-order valence-corrected chi connectivity index (χ0v) is 13.0. The summed E-state index contributed by atoms with van der Waals surface area (Å²) >= 11 is 0. The number of hydrogen-bond donors (Lipinski definition) is 1. The molecule has 1 N–H and O–H groups in total. The Balaban J connectivity index is 2.17. The van der Waals surface area contributed by atoms with E-state index in [0.29, 0.717) is 0 Å². The Hall–Kier alpha value is -2.04. The molecule has 4 nitrogen and oxygen atoms in total. The van der Waals surface area contributed by atoms with Gasteiger partial charge in [0.25, 0.3) is 0 Å². The van der Waals surface area contributed by atoms with Gasteiger partial charge < -0.3 is 0 Å². The summed E-state index contributed by atoms with van der Waals surface area (Å²) in [4.78, 5) is 4.96. The van der Waals surface area contributed by atoms with Crippen LogP contribution < -0.4 is 0 Å². The SMILES string of the molecule is CC1(C)[C@@](C)(c2ccccc2)N=N[C@@]1(OO)c1ccccc1. The fourth-order valence-electron chi connectivity index (χ4n) is 3.20. The van der Waals surface area contributed by atoms with Crippen LogP contribution in [0.5, 0.6) is 0 Å². The molecule has 2 atom stereocenters. The van der Waals surface area contributed by atoms with Crippen LogP contribution in [-0.4, -0.2) is 5.26 Å². The predicted molar refractivity (Wildman–Crippen MR) is 84.3 cm³/mol. The molecular formula is C18H20N2O2. The van der Waals surface area contributed by atoms with Gasteiger partial charge in [-0.15, -0.1) is 5.11 Å². The van der Waals surface area contributed by atoms with E-state index in [-0.39, 0.29) is 0 Å². The molecule has 0 radical (unpaired) electrons. The zero-order chi connectivity index (χ0) is 15.8. The summed E-state index contributed by atoms with van der Waals surface area (Å²) in [7, 11) is 0. The molecule has 22 heavy (non-hydrogen) atoms. The molecule has 0 saturated heterocycles. The van der Waals surface area contributed by atoms with Gasteiger partial charge in [0, 0.05) is 5.56 Å². The molecule has 0 bridgehead atoms. The van der Waals surface area contributed by atoms with Crippen LogP contribution in [0.1, 0.15) is 31.9 Å². The Bertz CT molecular complexity index is 685. The smallest absolute Gasteiger partial charge is 0.244 e. The van der Waals surface area contributed by atoms with Crippen LogP contribution in [0, 0.1) is 5.41 Å². The molecule has 3 rings (SSSR count). The first-order valence-corrected chi connectivity index (χ1v) is 7.36. The highest BCUT2D eigenvalue weighted by Gasteiger charge is 2.64. The van der Waals surface area contributed by atoms with Crippen molar-refractivity contribution in [2.24, 2.45) is 15.6 Å². The number of azo groups is 1. The lowest BCUT2D eigenvalue weighted by atomic mass is 9.63. The van der Waals surface area contributed by atoms with Gasteiger partial charge in [-0.3, -0.25) is 0 Å². The van der Waals surface area contributed by atoms with Gasteiger partial charge in [0.2, 0.25) is 5.72 Å². The molecule has 0 amide bonds. The van der Waals surface area contributed by atoms with Crippen LogP contribution in [-0.2, 0) is 16.2 Å². The maximum atomic E-state index is 9.73. The average Bonchev–Trinajstić information content (AvgIpc) is 2.78. The molecule has 4 heteroatoms. The van der Waals surface area contributed by atoms with E-state index in [9.17, 15) is 5.26 Å². The summed E-state index contributed by atoms with van der Waals surface area (Å²) in [5.74, 6) is 0. The van der Waals surface area contributed by atoms with Crippen molar-refractivity contribution in [3.05, 3.63) is 71.8 Å². The second-order valence-electron chi connectivity index (χ2n) is 6.36. The van der Waals surface area contributed by atoms with Gasteiger partial charge in [0.05, 0.1) is 5.41 Å². The predicted octanol–water partition coefficient (Wildman–Crippen LogP) is 4.74. The van der Waals surface area contributed by atoms with Crippen molar-refractivity contribution < 1.29 is 10.1 Å². The van der Waals surface area contributed by atoms with Crippen molar-refractivity contribution in [2.45, 2.75) is 32.0 Å². The van der Waals surface area contributed by atoms with E-state index >= 15 is 0 Å². The van der Waals surface area contributed by atoms with Gasteiger partial charge in [0.1, 0.15) is 5.54 Å². The molecule has 0 spiro atoms. The van der Waals surface area contributed by atoms with Gasteiger partial charge >= 0.3 is 0 Å². The molecule has 0 unspecified atom stereocenters. The summed E-state index contributed by atoms with van der Waals surface area (Å²) in [5.41, 5.74) is -0.590. The molecule has 0 fully saturated rings. The molecule has 0 saturated carbocycles. The third kappa shape index (κ3) is 1.77.